The Balaban J connectivity index is 1.54. The second kappa shape index (κ2) is 7.11. The third-order valence-corrected chi connectivity index (χ3v) is 4.17. The zero-order valence-electron chi connectivity index (χ0n) is 15.0. The van der Waals surface area contributed by atoms with Crippen molar-refractivity contribution in [2.45, 2.75) is 25.9 Å². The molecule has 1 aliphatic rings. The molecule has 2 heterocycles. The highest BCUT2D eigenvalue weighted by atomic mass is 16.6. The molecule has 7 heteroatoms. The van der Waals surface area contributed by atoms with Crippen molar-refractivity contribution in [1.82, 2.24) is 10.1 Å². The van der Waals surface area contributed by atoms with E-state index < -0.39 is 6.10 Å². The summed E-state index contributed by atoms with van der Waals surface area (Å²) in [5.74, 6) is 2.01. The first-order valence-corrected chi connectivity index (χ1v) is 8.74. The molecule has 3 aromatic rings. The van der Waals surface area contributed by atoms with Crippen LogP contribution in [0.5, 0.6) is 11.5 Å². The van der Waals surface area contributed by atoms with Gasteiger partial charge in [-0.25, -0.2) is 0 Å². The molecule has 1 atom stereocenters. The van der Waals surface area contributed by atoms with Gasteiger partial charge in [0, 0.05) is 5.92 Å². The Kier molecular flexibility index (Phi) is 4.50. The number of nitrogens with zero attached hydrogens (tertiary/aromatic N) is 2. The number of anilines is 1. The summed E-state index contributed by atoms with van der Waals surface area (Å²) in [6, 6.07) is 14.5. The quantitative estimate of drug-likeness (QED) is 0.760. The largest absolute Gasteiger partial charge is 0.485 e. The van der Waals surface area contributed by atoms with E-state index in [-0.39, 0.29) is 18.4 Å². The lowest BCUT2D eigenvalue weighted by Gasteiger charge is -2.25. The van der Waals surface area contributed by atoms with E-state index in [2.05, 4.69) is 15.5 Å². The van der Waals surface area contributed by atoms with Crippen molar-refractivity contribution >= 4 is 11.6 Å². The standard InChI is InChI=1S/C20H19N3O4/c1-12(2)18-22-20(27-23-18)13-7-3-4-8-14(13)21-19(24)17-11-25-15-9-5-6-10-16(15)26-17/h3-10,12,17H,11H2,1-2H3,(H,21,24)/t17-/m0/s1. The Morgan fingerprint density at radius 2 is 1.85 bits per heavy atom. The molecule has 0 saturated carbocycles. The van der Waals surface area contributed by atoms with Crippen LogP contribution in [-0.2, 0) is 4.79 Å². The monoisotopic (exact) mass is 365 g/mol. The summed E-state index contributed by atoms with van der Waals surface area (Å²) in [5.41, 5.74) is 1.23. The van der Waals surface area contributed by atoms with Gasteiger partial charge in [-0.1, -0.05) is 43.3 Å². The Bertz CT molecular complexity index is 967. The van der Waals surface area contributed by atoms with Crippen LogP contribution in [0.1, 0.15) is 25.6 Å². The van der Waals surface area contributed by atoms with Gasteiger partial charge in [0.05, 0.1) is 11.3 Å². The van der Waals surface area contributed by atoms with Gasteiger partial charge in [0.25, 0.3) is 11.8 Å². The maximum Gasteiger partial charge on any atom is 0.269 e. The molecule has 0 fully saturated rings. The highest BCUT2D eigenvalue weighted by Crippen LogP contribution is 2.32. The molecule has 0 spiro atoms. The number of rotatable bonds is 4. The Hall–Kier alpha value is -3.35. The maximum absolute atomic E-state index is 12.7. The molecule has 0 radical (unpaired) electrons. The Morgan fingerprint density at radius 3 is 2.63 bits per heavy atom. The van der Waals surface area contributed by atoms with Crippen LogP contribution in [0.2, 0.25) is 0 Å². The van der Waals surface area contributed by atoms with E-state index in [1.807, 2.05) is 44.2 Å². The maximum atomic E-state index is 12.7. The van der Waals surface area contributed by atoms with Gasteiger partial charge in [0.2, 0.25) is 6.10 Å². The number of hydrogen-bond donors (Lipinski definition) is 1. The molecule has 1 aliphatic heterocycles. The normalized spacial score (nSPS) is 15.6. The predicted octanol–water partition coefficient (Wildman–Crippen LogP) is 3.64. The molecule has 2 aromatic carbocycles. The first-order chi connectivity index (χ1) is 13.1. The summed E-state index contributed by atoms with van der Waals surface area (Å²) in [5, 5.41) is 6.86. The predicted molar refractivity (Wildman–Crippen MR) is 98.8 cm³/mol. The molecular weight excluding hydrogens is 346 g/mol. The van der Waals surface area contributed by atoms with Crippen molar-refractivity contribution in [1.29, 1.82) is 0 Å². The number of carbonyl (C=O) groups is 1. The van der Waals surface area contributed by atoms with Gasteiger partial charge in [0.15, 0.2) is 17.3 Å². The topological polar surface area (TPSA) is 86.5 Å². The Labute approximate surface area is 156 Å². The second-order valence-electron chi connectivity index (χ2n) is 6.51. The summed E-state index contributed by atoms with van der Waals surface area (Å²) in [6.45, 7) is 4.12. The van der Waals surface area contributed by atoms with Crippen LogP contribution in [0.4, 0.5) is 5.69 Å². The third-order valence-electron chi connectivity index (χ3n) is 4.17. The fourth-order valence-corrected chi connectivity index (χ4v) is 2.72. The Morgan fingerprint density at radius 1 is 1.11 bits per heavy atom. The minimum Gasteiger partial charge on any atom is -0.485 e. The van der Waals surface area contributed by atoms with Crippen LogP contribution in [0.25, 0.3) is 11.5 Å². The fraction of sp³-hybridized carbons (Fsp3) is 0.250. The second-order valence-corrected chi connectivity index (χ2v) is 6.51. The SMILES string of the molecule is CC(C)c1noc(-c2ccccc2NC(=O)[C@@H]2COc3ccccc3O2)n1. The minimum atomic E-state index is -0.748. The zero-order valence-corrected chi connectivity index (χ0v) is 15.0. The van der Waals surface area contributed by atoms with Crippen LogP contribution in [0, 0.1) is 0 Å². The molecule has 0 bridgehead atoms. The number of hydrogen-bond acceptors (Lipinski definition) is 6. The molecule has 0 aliphatic carbocycles. The van der Waals surface area contributed by atoms with Crippen LogP contribution in [-0.4, -0.2) is 28.8 Å². The number of fused-ring (bicyclic) bond motifs is 1. The van der Waals surface area contributed by atoms with E-state index in [0.717, 1.165) is 0 Å². The number of aromatic nitrogens is 2. The van der Waals surface area contributed by atoms with Gasteiger partial charge >= 0.3 is 0 Å². The van der Waals surface area contributed by atoms with Crippen molar-refractivity contribution in [3.63, 3.8) is 0 Å². The lowest BCUT2D eigenvalue weighted by atomic mass is 10.1. The molecule has 0 unspecified atom stereocenters. The van der Waals surface area contributed by atoms with Gasteiger partial charge in [-0.05, 0) is 24.3 Å². The summed E-state index contributed by atoms with van der Waals surface area (Å²) in [7, 11) is 0. The van der Waals surface area contributed by atoms with Gasteiger partial charge in [-0.3, -0.25) is 4.79 Å². The molecule has 138 valence electrons. The smallest absolute Gasteiger partial charge is 0.269 e. The van der Waals surface area contributed by atoms with Crippen molar-refractivity contribution in [3.8, 4) is 23.0 Å². The van der Waals surface area contributed by atoms with Crippen LogP contribution >= 0.6 is 0 Å². The van der Waals surface area contributed by atoms with Crippen molar-refractivity contribution in [2.75, 3.05) is 11.9 Å². The van der Waals surface area contributed by atoms with Crippen LogP contribution in [0.3, 0.4) is 0 Å². The zero-order chi connectivity index (χ0) is 18.8. The van der Waals surface area contributed by atoms with E-state index in [1.165, 1.54) is 0 Å². The fourth-order valence-electron chi connectivity index (χ4n) is 2.72. The molecule has 1 N–H and O–H groups in total. The van der Waals surface area contributed by atoms with Gasteiger partial charge < -0.3 is 19.3 Å². The number of para-hydroxylation sites is 3. The third kappa shape index (κ3) is 3.48. The van der Waals surface area contributed by atoms with Crippen molar-refractivity contribution < 1.29 is 18.8 Å². The minimum absolute atomic E-state index is 0.142. The molecule has 1 amide bonds. The van der Waals surface area contributed by atoms with E-state index in [9.17, 15) is 4.79 Å². The van der Waals surface area contributed by atoms with Gasteiger partial charge in [-0.2, -0.15) is 4.98 Å². The average Bonchev–Trinajstić information content (AvgIpc) is 3.18. The first-order valence-electron chi connectivity index (χ1n) is 8.74. The van der Waals surface area contributed by atoms with Gasteiger partial charge in [-0.15, -0.1) is 0 Å². The highest BCUT2D eigenvalue weighted by Gasteiger charge is 2.28. The number of carbonyl (C=O) groups excluding carboxylic acids is 1. The van der Waals surface area contributed by atoms with Crippen molar-refractivity contribution in [3.05, 3.63) is 54.4 Å². The lowest BCUT2D eigenvalue weighted by Crippen LogP contribution is -2.40. The molecular formula is C20H19N3O4. The molecule has 0 saturated heterocycles. The van der Waals surface area contributed by atoms with E-state index in [1.54, 1.807) is 18.2 Å². The molecule has 27 heavy (non-hydrogen) atoms. The van der Waals surface area contributed by atoms with E-state index in [0.29, 0.717) is 34.5 Å². The van der Waals surface area contributed by atoms with E-state index in [4.69, 9.17) is 14.0 Å². The number of benzene rings is 2. The number of amides is 1. The highest BCUT2D eigenvalue weighted by molar-refractivity contribution is 5.97. The van der Waals surface area contributed by atoms with Crippen molar-refractivity contribution in [2.24, 2.45) is 0 Å². The molecule has 4 rings (SSSR count). The molecule has 7 nitrogen and oxygen atoms in total. The number of ether oxygens (including phenoxy) is 2. The van der Waals surface area contributed by atoms with Crippen LogP contribution in [0.15, 0.2) is 53.1 Å². The lowest BCUT2D eigenvalue weighted by molar-refractivity contribution is -0.125. The van der Waals surface area contributed by atoms with E-state index >= 15 is 0 Å². The first kappa shape index (κ1) is 17.1. The van der Waals surface area contributed by atoms with Gasteiger partial charge in [0.1, 0.15) is 6.61 Å². The summed E-state index contributed by atoms with van der Waals surface area (Å²) < 4.78 is 16.7. The molecule has 1 aromatic heterocycles. The average molecular weight is 365 g/mol. The summed E-state index contributed by atoms with van der Waals surface area (Å²) in [6.07, 6.45) is -0.748. The summed E-state index contributed by atoms with van der Waals surface area (Å²) in [4.78, 5) is 17.1. The van der Waals surface area contributed by atoms with Crippen LogP contribution < -0.4 is 14.8 Å². The number of nitrogens with one attached hydrogen (secondary N) is 1. The summed E-state index contributed by atoms with van der Waals surface area (Å²) >= 11 is 0.